The number of pyridine rings is 1. The molecule has 0 saturated heterocycles. The third-order valence-corrected chi connectivity index (χ3v) is 4.96. The molecule has 4 N–H and O–H groups in total. The number of hydrogen-bond acceptors (Lipinski definition) is 5. The van der Waals surface area contributed by atoms with Gasteiger partial charge in [-0.05, 0) is 24.3 Å². The maximum atomic E-state index is 12.4. The Morgan fingerprint density at radius 1 is 1.13 bits per heavy atom. The molecular weight excluding hydrogens is 387 g/mol. The van der Waals surface area contributed by atoms with Crippen LogP contribution in [-0.4, -0.2) is 19.3 Å². The number of halogens is 3. The number of hydrogen-bond donors (Lipinski definition) is 3. The van der Waals surface area contributed by atoms with Gasteiger partial charge in [0.1, 0.15) is 0 Å². The predicted octanol–water partition coefficient (Wildman–Crippen LogP) is 2.45. The van der Waals surface area contributed by atoms with Gasteiger partial charge >= 0.3 is 0 Å². The molecule has 0 bridgehead atoms. The molecule has 1 aromatic heterocycles. The third kappa shape index (κ3) is 4.04. The standard InChI is InChI=1S/C12H9Cl3N4O3S/c13-6-3-10(11(17-5-6)12(20)18-16)19-23(21,22)7-1-2-8(14)9(15)4-7/h1-5,19H,16H2,(H,18,20). The minimum absolute atomic E-state index is 0.0682. The summed E-state index contributed by atoms with van der Waals surface area (Å²) in [6, 6.07) is 5.00. The van der Waals surface area contributed by atoms with Gasteiger partial charge in [0.25, 0.3) is 15.9 Å². The maximum absolute atomic E-state index is 12.4. The van der Waals surface area contributed by atoms with Crippen molar-refractivity contribution in [3.05, 3.63) is 51.2 Å². The van der Waals surface area contributed by atoms with Crippen LogP contribution in [0.5, 0.6) is 0 Å². The van der Waals surface area contributed by atoms with E-state index in [1.165, 1.54) is 30.5 Å². The topological polar surface area (TPSA) is 114 Å². The lowest BCUT2D eigenvalue weighted by Crippen LogP contribution is -2.31. The number of amides is 1. The molecule has 0 radical (unpaired) electrons. The molecule has 0 aliphatic heterocycles. The number of carbonyl (C=O) groups is 1. The lowest BCUT2D eigenvalue weighted by Gasteiger charge is -2.12. The highest BCUT2D eigenvalue weighted by Crippen LogP contribution is 2.27. The maximum Gasteiger partial charge on any atom is 0.285 e. The van der Waals surface area contributed by atoms with Gasteiger partial charge in [0.2, 0.25) is 0 Å². The molecule has 7 nitrogen and oxygen atoms in total. The van der Waals surface area contributed by atoms with Crippen LogP contribution < -0.4 is 16.0 Å². The van der Waals surface area contributed by atoms with Gasteiger partial charge in [-0.15, -0.1) is 0 Å². The van der Waals surface area contributed by atoms with E-state index in [0.29, 0.717) is 0 Å². The molecule has 0 unspecified atom stereocenters. The summed E-state index contributed by atoms with van der Waals surface area (Å²) in [6.45, 7) is 0. The Labute approximate surface area is 146 Å². The first-order valence-electron chi connectivity index (χ1n) is 5.89. The summed E-state index contributed by atoms with van der Waals surface area (Å²) < 4.78 is 27.0. The summed E-state index contributed by atoms with van der Waals surface area (Å²) in [7, 11) is -4.05. The van der Waals surface area contributed by atoms with Crippen LogP contribution in [0.15, 0.2) is 35.4 Å². The third-order valence-electron chi connectivity index (χ3n) is 2.65. The Morgan fingerprint density at radius 3 is 2.43 bits per heavy atom. The van der Waals surface area contributed by atoms with E-state index < -0.39 is 15.9 Å². The van der Waals surface area contributed by atoms with Crippen molar-refractivity contribution in [3.63, 3.8) is 0 Å². The Hall–Kier alpha value is -1.58. The number of benzene rings is 1. The number of sulfonamides is 1. The van der Waals surface area contributed by atoms with Gasteiger partial charge in [0.15, 0.2) is 5.69 Å². The molecule has 122 valence electrons. The lowest BCUT2D eigenvalue weighted by atomic mass is 10.3. The van der Waals surface area contributed by atoms with Crippen molar-refractivity contribution in [2.75, 3.05) is 4.72 Å². The van der Waals surface area contributed by atoms with E-state index in [4.69, 9.17) is 40.6 Å². The summed E-state index contributed by atoms with van der Waals surface area (Å²) in [5.74, 6) is 4.26. The van der Waals surface area contributed by atoms with Gasteiger partial charge in [-0.1, -0.05) is 34.8 Å². The molecule has 0 atom stereocenters. The SMILES string of the molecule is NNC(=O)c1ncc(Cl)cc1NS(=O)(=O)c1ccc(Cl)c(Cl)c1. The molecule has 11 heteroatoms. The van der Waals surface area contributed by atoms with Crippen LogP contribution in [0, 0.1) is 0 Å². The number of nitrogens with zero attached hydrogens (tertiary/aromatic N) is 1. The van der Waals surface area contributed by atoms with Crippen LogP contribution >= 0.6 is 34.8 Å². The molecule has 23 heavy (non-hydrogen) atoms. The van der Waals surface area contributed by atoms with Gasteiger partial charge < -0.3 is 0 Å². The van der Waals surface area contributed by atoms with Crippen molar-refractivity contribution in [2.24, 2.45) is 5.84 Å². The number of nitrogens with one attached hydrogen (secondary N) is 2. The second-order valence-corrected chi connectivity index (χ2v) is 7.14. The Balaban J connectivity index is 2.46. The monoisotopic (exact) mass is 394 g/mol. The normalized spacial score (nSPS) is 11.1. The predicted molar refractivity (Wildman–Crippen MR) is 88.2 cm³/mol. The number of aromatic nitrogens is 1. The van der Waals surface area contributed by atoms with Crippen molar-refractivity contribution in [2.45, 2.75) is 4.90 Å². The zero-order valence-corrected chi connectivity index (χ0v) is 14.3. The molecule has 0 saturated carbocycles. The zero-order chi connectivity index (χ0) is 17.2. The number of anilines is 1. The van der Waals surface area contributed by atoms with Gasteiger partial charge in [0, 0.05) is 6.20 Å². The minimum Gasteiger partial charge on any atom is -0.289 e. The minimum atomic E-state index is -4.05. The average Bonchev–Trinajstić information content (AvgIpc) is 2.49. The summed E-state index contributed by atoms with van der Waals surface area (Å²) in [6.07, 6.45) is 1.18. The molecule has 2 aromatic rings. The van der Waals surface area contributed by atoms with Crippen molar-refractivity contribution in [3.8, 4) is 0 Å². The molecule has 0 aliphatic carbocycles. The number of rotatable bonds is 4. The molecule has 0 fully saturated rings. The van der Waals surface area contributed by atoms with Crippen LogP contribution in [-0.2, 0) is 10.0 Å². The van der Waals surface area contributed by atoms with Crippen molar-refractivity contribution >= 4 is 56.4 Å². The first-order chi connectivity index (χ1) is 10.7. The quantitative estimate of drug-likeness (QED) is 0.418. The molecular formula is C12H9Cl3N4O3S. The van der Waals surface area contributed by atoms with E-state index in [1.807, 2.05) is 5.43 Å². The number of hydrazine groups is 1. The molecule has 0 spiro atoms. The van der Waals surface area contributed by atoms with E-state index in [1.54, 1.807) is 0 Å². The van der Waals surface area contributed by atoms with Crippen LogP contribution in [0.1, 0.15) is 10.5 Å². The fourth-order valence-electron chi connectivity index (χ4n) is 1.61. The van der Waals surface area contributed by atoms with Gasteiger partial charge in [-0.3, -0.25) is 14.9 Å². The zero-order valence-electron chi connectivity index (χ0n) is 11.2. The second-order valence-electron chi connectivity index (χ2n) is 4.20. The fraction of sp³-hybridized carbons (Fsp3) is 0. The molecule has 1 heterocycles. The van der Waals surface area contributed by atoms with Crippen LogP contribution in [0.2, 0.25) is 15.1 Å². The van der Waals surface area contributed by atoms with Crippen LogP contribution in [0.3, 0.4) is 0 Å². The second kappa shape index (κ2) is 6.90. The molecule has 0 aliphatic rings. The van der Waals surface area contributed by atoms with E-state index >= 15 is 0 Å². The lowest BCUT2D eigenvalue weighted by molar-refractivity contribution is 0.0949. The van der Waals surface area contributed by atoms with E-state index in [0.717, 1.165) is 0 Å². The summed E-state index contributed by atoms with van der Waals surface area (Å²) in [5.41, 5.74) is 1.50. The Kier molecular flexibility index (Phi) is 5.33. The highest BCUT2D eigenvalue weighted by Gasteiger charge is 2.20. The summed E-state index contributed by atoms with van der Waals surface area (Å²) in [4.78, 5) is 15.3. The number of carbonyl (C=O) groups excluding carboxylic acids is 1. The molecule has 1 aromatic carbocycles. The van der Waals surface area contributed by atoms with E-state index in [2.05, 4.69) is 9.71 Å². The van der Waals surface area contributed by atoms with E-state index in [9.17, 15) is 13.2 Å². The average molecular weight is 396 g/mol. The van der Waals surface area contributed by atoms with Gasteiger partial charge in [0.05, 0.1) is 25.7 Å². The van der Waals surface area contributed by atoms with Crippen LogP contribution in [0.4, 0.5) is 5.69 Å². The Morgan fingerprint density at radius 2 is 1.83 bits per heavy atom. The highest BCUT2D eigenvalue weighted by molar-refractivity contribution is 7.92. The van der Waals surface area contributed by atoms with Gasteiger partial charge in [-0.25, -0.2) is 19.2 Å². The Bertz CT molecular complexity index is 874. The number of nitrogen functional groups attached to an aromatic ring is 1. The highest BCUT2D eigenvalue weighted by atomic mass is 35.5. The smallest absolute Gasteiger partial charge is 0.285 e. The summed E-state index contributed by atoms with van der Waals surface area (Å²) >= 11 is 17.4. The number of nitrogens with two attached hydrogens (primary N) is 1. The fourth-order valence-corrected chi connectivity index (χ4v) is 3.22. The molecule has 1 amide bonds. The van der Waals surface area contributed by atoms with Crippen molar-refractivity contribution in [1.82, 2.24) is 10.4 Å². The van der Waals surface area contributed by atoms with Gasteiger partial charge in [-0.2, -0.15) is 0 Å². The largest absolute Gasteiger partial charge is 0.289 e. The van der Waals surface area contributed by atoms with Crippen molar-refractivity contribution < 1.29 is 13.2 Å². The first-order valence-corrected chi connectivity index (χ1v) is 8.50. The molecule has 2 rings (SSSR count). The van der Waals surface area contributed by atoms with Crippen molar-refractivity contribution in [1.29, 1.82) is 0 Å². The van der Waals surface area contributed by atoms with E-state index in [-0.39, 0.29) is 31.3 Å². The van der Waals surface area contributed by atoms with Crippen LogP contribution in [0.25, 0.3) is 0 Å². The summed E-state index contributed by atoms with van der Waals surface area (Å²) in [5, 5.41) is 0.405. The first kappa shape index (κ1) is 17.8.